The van der Waals surface area contributed by atoms with Gasteiger partial charge in [-0.15, -0.1) is 11.3 Å². The maximum Gasteiger partial charge on any atom is 0.416 e. The van der Waals surface area contributed by atoms with Gasteiger partial charge in [-0.25, -0.2) is 9.78 Å². The van der Waals surface area contributed by atoms with Crippen molar-refractivity contribution in [2.24, 2.45) is 5.73 Å². The van der Waals surface area contributed by atoms with E-state index in [0.717, 1.165) is 49.4 Å². The molecule has 5 aromatic rings. The standard InChI is InChI=1S/C25H17F3N4OS2/c26-25(27,28)16-2-1-3-18(10-16)32(24(30)33)17-6-4-14(5-7-17)20-13-35-22-19(15-8-9-34-12-15)11-31-23(29)21(20)22/h1-13H,(H2,29,31)(H2,30,33). The van der Waals surface area contributed by atoms with Crippen molar-refractivity contribution in [2.45, 2.75) is 6.18 Å². The number of nitrogen functional groups attached to an aromatic ring is 1. The molecule has 5 rings (SSSR count). The molecule has 0 spiro atoms. The maximum absolute atomic E-state index is 13.2. The molecule has 176 valence electrons. The van der Waals surface area contributed by atoms with Crippen LogP contribution >= 0.6 is 22.7 Å². The summed E-state index contributed by atoms with van der Waals surface area (Å²) in [6.07, 6.45) is -2.78. The summed E-state index contributed by atoms with van der Waals surface area (Å²) in [6.45, 7) is 0. The lowest BCUT2D eigenvalue weighted by atomic mass is 10.0. The molecule has 35 heavy (non-hydrogen) atoms. The van der Waals surface area contributed by atoms with Crippen LogP contribution in [0.2, 0.25) is 0 Å². The van der Waals surface area contributed by atoms with Gasteiger partial charge < -0.3 is 11.5 Å². The van der Waals surface area contributed by atoms with Crippen LogP contribution in [-0.2, 0) is 6.18 Å². The van der Waals surface area contributed by atoms with E-state index in [0.29, 0.717) is 11.5 Å². The Hall–Kier alpha value is -3.89. The Kier molecular flexibility index (Phi) is 5.70. The number of alkyl halides is 3. The largest absolute Gasteiger partial charge is 0.416 e. The fourth-order valence-corrected chi connectivity index (χ4v) is 5.69. The van der Waals surface area contributed by atoms with Gasteiger partial charge in [0, 0.05) is 27.4 Å². The van der Waals surface area contributed by atoms with E-state index in [-0.39, 0.29) is 5.69 Å². The molecule has 0 saturated carbocycles. The van der Waals surface area contributed by atoms with E-state index >= 15 is 0 Å². The van der Waals surface area contributed by atoms with E-state index in [2.05, 4.69) is 4.98 Å². The minimum atomic E-state index is -4.54. The SMILES string of the molecule is NC(=O)N(c1ccc(-c2csc3c(-c4ccsc4)cnc(N)c23)cc1)c1cccc(C(F)(F)F)c1. The summed E-state index contributed by atoms with van der Waals surface area (Å²) in [5, 5.41) is 6.87. The summed E-state index contributed by atoms with van der Waals surface area (Å²) in [6, 6.07) is 12.4. The van der Waals surface area contributed by atoms with Crippen LogP contribution in [0.15, 0.2) is 76.9 Å². The molecule has 0 aliphatic rings. The lowest BCUT2D eigenvalue weighted by Crippen LogP contribution is -2.31. The highest BCUT2D eigenvalue weighted by atomic mass is 32.1. The van der Waals surface area contributed by atoms with Crippen molar-refractivity contribution in [1.29, 1.82) is 0 Å². The molecule has 0 bridgehead atoms. The van der Waals surface area contributed by atoms with Gasteiger partial charge in [-0.05, 0) is 63.7 Å². The monoisotopic (exact) mass is 510 g/mol. The average Bonchev–Trinajstić information content (AvgIpc) is 3.51. The summed E-state index contributed by atoms with van der Waals surface area (Å²) in [5.74, 6) is 0.405. The number of pyridine rings is 1. The number of primary amides is 1. The summed E-state index contributed by atoms with van der Waals surface area (Å²) in [5.41, 5.74) is 15.0. The number of rotatable bonds is 4. The third-order valence-corrected chi connectivity index (χ3v) is 7.24. The number of amides is 2. The van der Waals surface area contributed by atoms with E-state index in [1.807, 2.05) is 22.2 Å². The first-order chi connectivity index (χ1) is 16.7. The Labute approximate surface area is 206 Å². The molecule has 0 fully saturated rings. The molecule has 0 saturated heterocycles. The second-order valence-electron chi connectivity index (χ2n) is 7.69. The number of fused-ring (bicyclic) bond motifs is 1. The topological polar surface area (TPSA) is 85.2 Å². The number of carbonyl (C=O) groups excluding carboxylic acids is 1. The number of nitrogens with zero attached hydrogens (tertiary/aromatic N) is 2. The summed E-state index contributed by atoms with van der Waals surface area (Å²) < 4.78 is 40.5. The fourth-order valence-electron chi connectivity index (χ4n) is 3.92. The highest BCUT2D eigenvalue weighted by Gasteiger charge is 2.31. The van der Waals surface area contributed by atoms with Crippen LogP contribution in [0.1, 0.15) is 5.56 Å². The summed E-state index contributed by atoms with van der Waals surface area (Å²) in [7, 11) is 0. The zero-order chi connectivity index (χ0) is 24.7. The van der Waals surface area contributed by atoms with Gasteiger partial charge >= 0.3 is 12.2 Å². The Bertz CT molecular complexity index is 1530. The van der Waals surface area contributed by atoms with Crippen LogP contribution in [0.3, 0.4) is 0 Å². The van der Waals surface area contributed by atoms with Gasteiger partial charge in [0.25, 0.3) is 0 Å². The molecule has 0 unspecified atom stereocenters. The first-order valence-corrected chi connectivity index (χ1v) is 12.1. The van der Waals surface area contributed by atoms with Gasteiger partial charge in [-0.3, -0.25) is 4.90 Å². The van der Waals surface area contributed by atoms with Crippen molar-refractivity contribution in [2.75, 3.05) is 10.6 Å². The maximum atomic E-state index is 13.2. The number of halogens is 3. The summed E-state index contributed by atoms with van der Waals surface area (Å²) in [4.78, 5) is 17.6. The Balaban J connectivity index is 1.55. The number of benzene rings is 2. The van der Waals surface area contributed by atoms with Crippen molar-refractivity contribution in [3.63, 3.8) is 0 Å². The lowest BCUT2D eigenvalue weighted by molar-refractivity contribution is -0.137. The second-order valence-corrected chi connectivity index (χ2v) is 9.35. The molecule has 2 amide bonds. The smallest absolute Gasteiger partial charge is 0.383 e. The quantitative estimate of drug-likeness (QED) is 0.262. The molecule has 0 aliphatic carbocycles. The van der Waals surface area contributed by atoms with Crippen molar-refractivity contribution < 1.29 is 18.0 Å². The van der Waals surface area contributed by atoms with Crippen molar-refractivity contribution in [1.82, 2.24) is 4.98 Å². The number of hydrogen-bond acceptors (Lipinski definition) is 5. The predicted octanol–water partition coefficient (Wildman–Crippen LogP) is 7.51. The Morgan fingerprint density at radius 3 is 2.37 bits per heavy atom. The molecular weight excluding hydrogens is 493 g/mol. The number of thiophene rings is 2. The number of nitrogens with two attached hydrogens (primary N) is 2. The minimum Gasteiger partial charge on any atom is -0.383 e. The van der Waals surface area contributed by atoms with Crippen LogP contribution in [-0.4, -0.2) is 11.0 Å². The molecule has 3 aromatic heterocycles. The van der Waals surface area contributed by atoms with Gasteiger partial charge in [0.05, 0.1) is 16.9 Å². The number of urea groups is 1. The first-order valence-electron chi connectivity index (χ1n) is 10.3. The molecule has 3 heterocycles. The van der Waals surface area contributed by atoms with Gasteiger partial charge in [0.15, 0.2) is 0 Å². The van der Waals surface area contributed by atoms with Crippen LogP contribution in [0.4, 0.5) is 35.2 Å². The van der Waals surface area contributed by atoms with Crippen molar-refractivity contribution in [3.8, 4) is 22.3 Å². The fraction of sp³-hybridized carbons (Fsp3) is 0.0400. The first kappa shape index (κ1) is 22.9. The van der Waals surface area contributed by atoms with E-state index in [1.54, 1.807) is 53.1 Å². The zero-order valence-electron chi connectivity index (χ0n) is 17.9. The number of aromatic nitrogens is 1. The van der Waals surface area contributed by atoms with Crippen molar-refractivity contribution in [3.05, 3.63) is 82.5 Å². The number of anilines is 3. The normalized spacial score (nSPS) is 11.6. The lowest BCUT2D eigenvalue weighted by Gasteiger charge is -2.22. The number of carbonyl (C=O) groups is 1. The molecule has 10 heteroatoms. The molecule has 0 radical (unpaired) electrons. The highest BCUT2D eigenvalue weighted by molar-refractivity contribution is 7.18. The zero-order valence-corrected chi connectivity index (χ0v) is 19.5. The third-order valence-electron chi connectivity index (χ3n) is 5.55. The molecule has 0 aliphatic heterocycles. The van der Waals surface area contributed by atoms with Crippen molar-refractivity contribution >= 4 is 56.0 Å². The van der Waals surface area contributed by atoms with Crippen LogP contribution in [0.25, 0.3) is 32.3 Å². The second kappa shape index (κ2) is 8.71. The van der Waals surface area contributed by atoms with E-state index in [9.17, 15) is 18.0 Å². The summed E-state index contributed by atoms with van der Waals surface area (Å²) >= 11 is 3.16. The number of hydrogen-bond donors (Lipinski definition) is 2. The van der Waals surface area contributed by atoms with Gasteiger partial charge in [-0.2, -0.15) is 24.5 Å². The van der Waals surface area contributed by atoms with Crippen LogP contribution in [0, 0.1) is 0 Å². The van der Waals surface area contributed by atoms with Crippen LogP contribution in [0.5, 0.6) is 0 Å². The molecule has 0 atom stereocenters. The van der Waals surface area contributed by atoms with Gasteiger partial charge in [0.2, 0.25) is 0 Å². The van der Waals surface area contributed by atoms with E-state index in [4.69, 9.17) is 11.5 Å². The Morgan fingerprint density at radius 2 is 1.71 bits per heavy atom. The molecular formula is C25H17F3N4OS2. The highest BCUT2D eigenvalue weighted by Crippen LogP contribution is 2.42. The van der Waals surface area contributed by atoms with Gasteiger partial charge in [0.1, 0.15) is 5.82 Å². The van der Waals surface area contributed by atoms with Gasteiger partial charge in [-0.1, -0.05) is 18.2 Å². The predicted molar refractivity (Wildman–Crippen MR) is 136 cm³/mol. The van der Waals surface area contributed by atoms with Crippen LogP contribution < -0.4 is 16.4 Å². The molecule has 2 aromatic carbocycles. The average molecular weight is 511 g/mol. The van der Waals surface area contributed by atoms with E-state index < -0.39 is 17.8 Å². The third kappa shape index (κ3) is 4.22. The molecule has 4 N–H and O–H groups in total. The minimum absolute atomic E-state index is 0.0231. The van der Waals surface area contributed by atoms with E-state index in [1.165, 1.54) is 12.1 Å². The Morgan fingerprint density at radius 1 is 0.943 bits per heavy atom. The molecule has 5 nitrogen and oxygen atoms in total.